The Labute approximate surface area is 347 Å². The highest BCUT2D eigenvalue weighted by Gasteiger charge is 2.18. The fourth-order valence-electron chi connectivity index (χ4n) is 7.09. The second kappa shape index (κ2) is 45.8. The molecule has 0 radical (unpaired) electrons. The molecule has 1 amide bonds. The van der Waals surface area contributed by atoms with Crippen molar-refractivity contribution in [3.8, 4) is 0 Å². The number of aliphatic hydroxyl groups is 2. The molecule has 0 bridgehead atoms. The van der Waals surface area contributed by atoms with Crippen LogP contribution in [0.3, 0.4) is 0 Å². The Morgan fingerprint density at radius 1 is 0.482 bits per heavy atom. The molecule has 0 saturated carbocycles. The van der Waals surface area contributed by atoms with Crippen LogP contribution in [0.1, 0.15) is 245 Å². The van der Waals surface area contributed by atoms with E-state index < -0.39 is 12.1 Å². The van der Waals surface area contributed by atoms with Crippen LogP contribution in [0.2, 0.25) is 0 Å². The largest absolute Gasteiger partial charge is 0.466 e. The van der Waals surface area contributed by atoms with Crippen LogP contribution in [0, 0.1) is 0 Å². The number of ether oxygens (including phenoxy) is 1. The Balaban J connectivity index is 3.55. The summed E-state index contributed by atoms with van der Waals surface area (Å²) in [5.41, 5.74) is 0. The molecule has 328 valence electrons. The second-order valence-corrected chi connectivity index (χ2v) is 16.4. The predicted octanol–water partition coefficient (Wildman–Crippen LogP) is 14.1. The molecule has 0 aromatic rings. The van der Waals surface area contributed by atoms with Crippen molar-refractivity contribution in [2.24, 2.45) is 0 Å². The summed E-state index contributed by atoms with van der Waals surface area (Å²) < 4.78 is 5.44. The zero-order chi connectivity index (χ0) is 40.8. The second-order valence-electron chi connectivity index (χ2n) is 16.4. The zero-order valence-corrected chi connectivity index (χ0v) is 37.1. The third-order valence-corrected chi connectivity index (χ3v) is 10.9. The van der Waals surface area contributed by atoms with E-state index in [2.05, 4.69) is 43.5 Å². The Bertz CT molecular complexity index is 915. The van der Waals surface area contributed by atoms with Gasteiger partial charge in [0.25, 0.3) is 0 Å². The van der Waals surface area contributed by atoms with Gasteiger partial charge in [0.2, 0.25) is 5.91 Å². The van der Waals surface area contributed by atoms with Crippen LogP contribution in [-0.2, 0) is 14.3 Å². The molecular weight excluding hydrogens is 695 g/mol. The number of aliphatic hydroxyl groups excluding tert-OH is 2. The highest BCUT2D eigenvalue weighted by Crippen LogP contribution is 2.14. The highest BCUT2D eigenvalue weighted by atomic mass is 16.5. The summed E-state index contributed by atoms with van der Waals surface area (Å²) in [6, 6.07) is -0.647. The maximum atomic E-state index is 12.4. The predicted molar refractivity (Wildman–Crippen MR) is 241 cm³/mol. The van der Waals surface area contributed by atoms with Gasteiger partial charge in [-0.3, -0.25) is 9.59 Å². The summed E-state index contributed by atoms with van der Waals surface area (Å²) in [5, 5.41) is 23.0. The summed E-state index contributed by atoms with van der Waals surface area (Å²) in [7, 11) is 0. The van der Waals surface area contributed by atoms with Crippen LogP contribution >= 0.6 is 0 Å². The van der Waals surface area contributed by atoms with E-state index in [0.717, 1.165) is 70.6 Å². The van der Waals surface area contributed by atoms with E-state index in [9.17, 15) is 19.8 Å². The van der Waals surface area contributed by atoms with Gasteiger partial charge in [0, 0.05) is 12.8 Å². The van der Waals surface area contributed by atoms with Crippen LogP contribution in [0.4, 0.5) is 0 Å². The third-order valence-electron chi connectivity index (χ3n) is 10.9. The molecule has 0 aromatic carbocycles. The molecule has 0 fully saturated rings. The van der Waals surface area contributed by atoms with Gasteiger partial charge in [-0.2, -0.15) is 0 Å². The van der Waals surface area contributed by atoms with E-state index >= 15 is 0 Å². The number of allylic oxidation sites excluding steroid dienone is 5. The number of nitrogens with one attached hydrogen (secondary N) is 1. The number of unbranched alkanes of at least 4 members (excludes halogenated alkanes) is 29. The lowest BCUT2D eigenvalue weighted by atomic mass is 10.0. The van der Waals surface area contributed by atoms with Gasteiger partial charge < -0.3 is 20.3 Å². The van der Waals surface area contributed by atoms with Crippen molar-refractivity contribution in [3.05, 3.63) is 36.5 Å². The number of rotatable bonds is 44. The molecule has 3 N–H and O–H groups in total. The molecule has 6 nitrogen and oxygen atoms in total. The van der Waals surface area contributed by atoms with E-state index in [-0.39, 0.29) is 18.5 Å². The number of hydrogen-bond acceptors (Lipinski definition) is 5. The Hall–Kier alpha value is -1.92. The molecule has 2 unspecified atom stereocenters. The van der Waals surface area contributed by atoms with Gasteiger partial charge in [-0.05, 0) is 83.5 Å². The Kier molecular flexibility index (Phi) is 44.2. The van der Waals surface area contributed by atoms with Gasteiger partial charge in [0.05, 0.1) is 25.4 Å². The molecule has 0 heterocycles. The van der Waals surface area contributed by atoms with Crippen molar-refractivity contribution < 1.29 is 24.5 Å². The standard InChI is InChI=1S/C50H93NO5/c1-3-5-7-9-11-13-15-18-22-26-30-34-38-42-48(53)47(46-52)51-49(54)43-39-35-31-27-23-20-17-21-25-29-33-37-41-45-56-50(55)44-40-36-32-28-24-19-16-14-12-10-8-6-4-2/h14,16,20,23,38,42,47-48,52-53H,3-13,15,17-19,21-22,24-37,39-41,43-46H2,1-2H3,(H,51,54)/b16-14-,23-20-,42-38+. The number of carbonyl (C=O) groups is 2. The van der Waals surface area contributed by atoms with Crippen LogP contribution in [0.25, 0.3) is 0 Å². The number of hydrogen-bond donors (Lipinski definition) is 3. The van der Waals surface area contributed by atoms with Crippen LogP contribution in [-0.4, -0.2) is 47.4 Å². The lowest BCUT2D eigenvalue weighted by molar-refractivity contribution is -0.143. The highest BCUT2D eigenvalue weighted by molar-refractivity contribution is 5.76. The average molecular weight is 788 g/mol. The molecule has 0 saturated heterocycles. The van der Waals surface area contributed by atoms with Gasteiger partial charge in [-0.25, -0.2) is 0 Å². The van der Waals surface area contributed by atoms with Crippen LogP contribution in [0.5, 0.6) is 0 Å². The van der Waals surface area contributed by atoms with Crippen molar-refractivity contribution in [1.29, 1.82) is 0 Å². The number of carbonyl (C=O) groups excluding carboxylic acids is 2. The molecular formula is C50H93NO5. The van der Waals surface area contributed by atoms with Gasteiger partial charge >= 0.3 is 5.97 Å². The monoisotopic (exact) mass is 788 g/mol. The molecule has 2 atom stereocenters. The lowest BCUT2D eigenvalue weighted by Gasteiger charge is -2.19. The number of esters is 1. The fraction of sp³-hybridized carbons (Fsp3) is 0.840. The van der Waals surface area contributed by atoms with E-state index in [0.29, 0.717) is 19.4 Å². The summed E-state index contributed by atoms with van der Waals surface area (Å²) >= 11 is 0. The van der Waals surface area contributed by atoms with E-state index in [1.165, 1.54) is 148 Å². The van der Waals surface area contributed by atoms with Crippen molar-refractivity contribution in [3.63, 3.8) is 0 Å². The summed E-state index contributed by atoms with van der Waals surface area (Å²) in [6.07, 6.45) is 54.2. The maximum absolute atomic E-state index is 12.4. The molecule has 0 aliphatic rings. The van der Waals surface area contributed by atoms with Gasteiger partial charge in [-0.15, -0.1) is 0 Å². The summed E-state index contributed by atoms with van der Waals surface area (Å²) in [6.45, 7) is 4.82. The third kappa shape index (κ3) is 41.7. The minimum absolute atomic E-state index is 0.0242. The topological polar surface area (TPSA) is 95.9 Å². The molecule has 0 aliphatic heterocycles. The normalized spacial score (nSPS) is 13.0. The quantitative estimate of drug-likeness (QED) is 0.0325. The molecule has 56 heavy (non-hydrogen) atoms. The zero-order valence-electron chi connectivity index (χ0n) is 37.1. The van der Waals surface area contributed by atoms with Crippen molar-refractivity contribution in [2.75, 3.05) is 13.2 Å². The first kappa shape index (κ1) is 54.1. The molecule has 0 aromatic heterocycles. The molecule has 0 rings (SSSR count). The van der Waals surface area contributed by atoms with Crippen LogP contribution in [0.15, 0.2) is 36.5 Å². The van der Waals surface area contributed by atoms with Gasteiger partial charge in [-0.1, -0.05) is 185 Å². The minimum atomic E-state index is -0.861. The maximum Gasteiger partial charge on any atom is 0.305 e. The van der Waals surface area contributed by atoms with E-state index in [4.69, 9.17) is 4.74 Å². The minimum Gasteiger partial charge on any atom is -0.466 e. The molecule has 0 spiro atoms. The van der Waals surface area contributed by atoms with Crippen molar-refractivity contribution in [1.82, 2.24) is 5.32 Å². The first-order chi connectivity index (χ1) is 27.5. The van der Waals surface area contributed by atoms with Crippen molar-refractivity contribution >= 4 is 11.9 Å². The fourth-order valence-corrected chi connectivity index (χ4v) is 7.09. The molecule has 6 heteroatoms. The molecule has 0 aliphatic carbocycles. The smallest absolute Gasteiger partial charge is 0.305 e. The van der Waals surface area contributed by atoms with Gasteiger partial charge in [0.15, 0.2) is 0 Å². The lowest BCUT2D eigenvalue weighted by Crippen LogP contribution is -2.45. The summed E-state index contributed by atoms with van der Waals surface area (Å²) in [5.74, 6) is -0.124. The van der Waals surface area contributed by atoms with E-state index in [1.54, 1.807) is 6.08 Å². The summed E-state index contributed by atoms with van der Waals surface area (Å²) in [4.78, 5) is 24.4. The number of amides is 1. The first-order valence-electron chi connectivity index (χ1n) is 24.3. The van der Waals surface area contributed by atoms with Crippen LogP contribution < -0.4 is 5.32 Å². The van der Waals surface area contributed by atoms with Gasteiger partial charge in [0.1, 0.15) is 0 Å². The average Bonchev–Trinajstić information content (AvgIpc) is 3.20. The van der Waals surface area contributed by atoms with Crippen molar-refractivity contribution in [2.45, 2.75) is 257 Å². The Morgan fingerprint density at radius 2 is 0.839 bits per heavy atom. The first-order valence-corrected chi connectivity index (χ1v) is 24.3. The van der Waals surface area contributed by atoms with E-state index in [1.807, 2.05) is 6.08 Å². The Morgan fingerprint density at radius 3 is 1.30 bits per heavy atom. The SMILES string of the molecule is CCCCCC/C=C\CCCCCCCC(=O)OCCCCCCCC/C=C\CCCCCC(=O)NC(CO)C(O)/C=C/CCCCCCCCCCCCC.